The minimum absolute atomic E-state index is 0.0491. The number of benzene rings is 1. The highest BCUT2D eigenvalue weighted by atomic mass is 16.5. The highest BCUT2D eigenvalue weighted by Crippen LogP contribution is 2.23. The molecule has 0 spiro atoms. The number of pyridine rings is 1. The second-order valence-electron chi connectivity index (χ2n) is 6.00. The van der Waals surface area contributed by atoms with Crippen molar-refractivity contribution in [2.75, 3.05) is 14.2 Å². The van der Waals surface area contributed by atoms with Crippen LogP contribution in [-0.2, 0) is 11.2 Å². The summed E-state index contributed by atoms with van der Waals surface area (Å²) >= 11 is 0. The van der Waals surface area contributed by atoms with Crippen LogP contribution in [0.3, 0.4) is 0 Å². The number of ether oxygens (including phenoxy) is 2. The molecule has 0 aliphatic carbocycles. The van der Waals surface area contributed by atoms with E-state index in [-0.39, 0.29) is 11.9 Å². The van der Waals surface area contributed by atoms with Crippen LogP contribution in [0.25, 0.3) is 5.65 Å². The normalized spacial score (nSPS) is 12.0. The van der Waals surface area contributed by atoms with E-state index in [1.54, 1.807) is 14.2 Å². The molecule has 136 valence electrons. The summed E-state index contributed by atoms with van der Waals surface area (Å²) in [5.41, 5.74) is 1.74. The lowest BCUT2D eigenvalue weighted by atomic mass is 10.1. The van der Waals surface area contributed by atoms with E-state index in [1.165, 1.54) is 0 Å². The first-order valence-electron chi connectivity index (χ1n) is 8.41. The van der Waals surface area contributed by atoms with Crippen molar-refractivity contribution in [3.8, 4) is 11.5 Å². The molecule has 0 aliphatic heterocycles. The zero-order chi connectivity index (χ0) is 18.5. The van der Waals surface area contributed by atoms with E-state index < -0.39 is 0 Å². The molecule has 3 rings (SSSR count). The number of nitrogens with one attached hydrogen (secondary N) is 1. The van der Waals surface area contributed by atoms with Gasteiger partial charge in [0.15, 0.2) is 11.5 Å². The molecule has 0 aliphatic rings. The third-order valence-electron chi connectivity index (χ3n) is 4.16. The molecule has 1 N–H and O–H groups in total. The molecule has 1 amide bonds. The maximum absolute atomic E-state index is 12.3. The molecule has 0 saturated heterocycles. The number of carbonyl (C=O) groups excluding carboxylic acids is 1. The summed E-state index contributed by atoms with van der Waals surface area (Å²) < 4.78 is 12.4. The molecule has 0 radical (unpaired) electrons. The molecular weight excluding hydrogens is 332 g/mol. The van der Waals surface area contributed by atoms with Gasteiger partial charge < -0.3 is 14.8 Å². The van der Waals surface area contributed by atoms with Crippen molar-refractivity contribution < 1.29 is 14.3 Å². The van der Waals surface area contributed by atoms with Crippen molar-refractivity contribution in [1.29, 1.82) is 0 Å². The van der Waals surface area contributed by atoms with Crippen LogP contribution in [0, 0.1) is 0 Å². The number of amides is 1. The summed E-state index contributed by atoms with van der Waals surface area (Å²) in [6.07, 6.45) is 2.83. The maximum Gasteiger partial charge on any atom is 0.220 e. The van der Waals surface area contributed by atoms with Crippen molar-refractivity contribution in [2.24, 2.45) is 0 Å². The highest BCUT2D eigenvalue weighted by molar-refractivity contribution is 5.76. The number of aryl methyl sites for hydroxylation is 1. The summed E-state index contributed by atoms with van der Waals surface area (Å²) in [5.74, 6) is 2.08. The number of rotatable bonds is 7. The van der Waals surface area contributed by atoms with E-state index in [9.17, 15) is 4.79 Å². The monoisotopic (exact) mass is 354 g/mol. The number of carbonyl (C=O) groups is 1. The number of methoxy groups -OCH3 is 2. The summed E-state index contributed by atoms with van der Waals surface area (Å²) in [7, 11) is 3.21. The van der Waals surface area contributed by atoms with Gasteiger partial charge >= 0.3 is 0 Å². The van der Waals surface area contributed by atoms with Gasteiger partial charge in [-0.3, -0.25) is 9.20 Å². The van der Waals surface area contributed by atoms with Crippen LogP contribution in [0.1, 0.15) is 30.8 Å². The Morgan fingerprint density at radius 2 is 1.88 bits per heavy atom. The Morgan fingerprint density at radius 3 is 2.58 bits per heavy atom. The predicted molar refractivity (Wildman–Crippen MR) is 97.4 cm³/mol. The quantitative estimate of drug-likeness (QED) is 0.705. The zero-order valence-electron chi connectivity index (χ0n) is 15.1. The van der Waals surface area contributed by atoms with Crippen molar-refractivity contribution in [2.45, 2.75) is 25.8 Å². The van der Waals surface area contributed by atoms with Gasteiger partial charge in [-0.05, 0) is 43.2 Å². The smallest absolute Gasteiger partial charge is 0.220 e. The molecule has 0 fully saturated rings. The molecule has 7 nitrogen and oxygen atoms in total. The minimum Gasteiger partial charge on any atom is -0.497 e. The predicted octanol–water partition coefficient (Wildman–Crippen LogP) is 2.56. The Balaban J connectivity index is 1.62. The van der Waals surface area contributed by atoms with E-state index in [0.29, 0.717) is 30.2 Å². The molecule has 0 saturated carbocycles. The topological polar surface area (TPSA) is 77.8 Å². The Labute approximate surface area is 152 Å². The van der Waals surface area contributed by atoms with E-state index >= 15 is 0 Å². The van der Waals surface area contributed by atoms with E-state index in [1.807, 2.05) is 53.9 Å². The number of fused-ring (bicyclic) bond motifs is 1. The fraction of sp³-hybridized carbons (Fsp3) is 0.316. The number of hydrogen-bond donors (Lipinski definition) is 1. The van der Waals surface area contributed by atoms with Gasteiger partial charge in [-0.2, -0.15) is 0 Å². The van der Waals surface area contributed by atoms with Crippen LogP contribution in [0.2, 0.25) is 0 Å². The third-order valence-corrected chi connectivity index (χ3v) is 4.16. The largest absolute Gasteiger partial charge is 0.497 e. The van der Waals surface area contributed by atoms with Gasteiger partial charge in [0.1, 0.15) is 11.5 Å². The molecule has 1 aromatic carbocycles. The van der Waals surface area contributed by atoms with Crippen LogP contribution >= 0.6 is 0 Å². The standard InChI is InChI=1S/C19H22N4O3/c1-13(19-22-21-17-6-4-5-9-23(17)19)20-18(24)8-7-14-10-15(25-2)12-16(11-14)26-3/h4-6,9-13H,7-8H2,1-3H3,(H,20,24). The SMILES string of the molecule is COc1cc(CCC(=O)NC(C)c2nnc3ccccn23)cc(OC)c1. The van der Waals surface area contributed by atoms with Gasteiger partial charge in [0.25, 0.3) is 0 Å². The molecule has 3 aromatic rings. The van der Waals surface area contributed by atoms with E-state index in [4.69, 9.17) is 9.47 Å². The summed E-state index contributed by atoms with van der Waals surface area (Å²) in [6.45, 7) is 1.90. The Morgan fingerprint density at radius 1 is 1.15 bits per heavy atom. The highest BCUT2D eigenvalue weighted by Gasteiger charge is 2.15. The average molecular weight is 354 g/mol. The lowest BCUT2D eigenvalue weighted by molar-refractivity contribution is -0.121. The zero-order valence-corrected chi connectivity index (χ0v) is 15.1. The Bertz CT molecular complexity index is 884. The Hall–Kier alpha value is -3.09. The van der Waals surface area contributed by atoms with Crippen LogP contribution in [0.5, 0.6) is 11.5 Å². The molecule has 2 heterocycles. The van der Waals surface area contributed by atoms with Crippen LogP contribution in [0.15, 0.2) is 42.6 Å². The maximum atomic E-state index is 12.3. The van der Waals surface area contributed by atoms with Gasteiger partial charge in [-0.15, -0.1) is 10.2 Å². The van der Waals surface area contributed by atoms with Crippen molar-refractivity contribution in [1.82, 2.24) is 19.9 Å². The lowest BCUT2D eigenvalue weighted by Crippen LogP contribution is -2.28. The first-order valence-corrected chi connectivity index (χ1v) is 8.41. The van der Waals surface area contributed by atoms with Crippen LogP contribution in [0.4, 0.5) is 0 Å². The van der Waals surface area contributed by atoms with Crippen molar-refractivity contribution in [3.05, 3.63) is 54.0 Å². The fourth-order valence-electron chi connectivity index (χ4n) is 2.80. The second kappa shape index (κ2) is 7.86. The second-order valence-corrected chi connectivity index (χ2v) is 6.00. The van der Waals surface area contributed by atoms with Gasteiger partial charge in [0.05, 0.1) is 20.3 Å². The molecular formula is C19H22N4O3. The fourth-order valence-corrected chi connectivity index (χ4v) is 2.80. The van der Waals surface area contributed by atoms with Gasteiger partial charge in [-0.25, -0.2) is 0 Å². The molecule has 2 aromatic heterocycles. The van der Waals surface area contributed by atoms with Crippen LogP contribution in [-0.4, -0.2) is 34.7 Å². The minimum atomic E-state index is -0.236. The van der Waals surface area contributed by atoms with Crippen molar-refractivity contribution in [3.63, 3.8) is 0 Å². The molecule has 1 atom stereocenters. The number of nitrogens with zero attached hydrogens (tertiary/aromatic N) is 3. The van der Waals surface area contributed by atoms with Crippen molar-refractivity contribution >= 4 is 11.6 Å². The van der Waals surface area contributed by atoms with Gasteiger partial charge in [0, 0.05) is 18.7 Å². The van der Waals surface area contributed by atoms with Gasteiger partial charge in [0.2, 0.25) is 5.91 Å². The third kappa shape index (κ3) is 3.93. The molecule has 7 heteroatoms. The van der Waals surface area contributed by atoms with E-state index in [0.717, 1.165) is 11.2 Å². The molecule has 0 bridgehead atoms. The first-order chi connectivity index (χ1) is 12.6. The van der Waals surface area contributed by atoms with E-state index in [2.05, 4.69) is 15.5 Å². The summed E-state index contributed by atoms with van der Waals surface area (Å²) in [5, 5.41) is 11.3. The first kappa shape index (κ1) is 17.7. The molecule has 26 heavy (non-hydrogen) atoms. The van der Waals surface area contributed by atoms with Gasteiger partial charge in [-0.1, -0.05) is 6.07 Å². The number of aromatic nitrogens is 3. The number of hydrogen-bond acceptors (Lipinski definition) is 5. The van der Waals surface area contributed by atoms with Crippen LogP contribution < -0.4 is 14.8 Å². The summed E-state index contributed by atoms with van der Waals surface area (Å²) in [6, 6.07) is 11.1. The Kier molecular flexibility index (Phi) is 5.36. The lowest BCUT2D eigenvalue weighted by Gasteiger charge is -2.13. The summed E-state index contributed by atoms with van der Waals surface area (Å²) in [4.78, 5) is 12.3. The average Bonchev–Trinajstić information content (AvgIpc) is 3.10. The molecule has 1 unspecified atom stereocenters.